The minimum absolute atomic E-state index is 0.0830. The molecule has 1 fully saturated rings. The Labute approximate surface area is 127 Å². The molecular weight excluding hydrogens is 270 g/mol. The second kappa shape index (κ2) is 5.53. The molecule has 0 spiro atoms. The van der Waals surface area contributed by atoms with Crippen molar-refractivity contribution in [2.75, 3.05) is 11.4 Å². The number of anilines is 1. The number of hydrogen-bond donors (Lipinski definition) is 1. The topological polar surface area (TPSA) is 28.2 Å². The summed E-state index contributed by atoms with van der Waals surface area (Å²) in [5.74, 6) is 1.04. The van der Waals surface area contributed by atoms with Gasteiger partial charge in [-0.2, -0.15) is 0 Å². The number of aromatic nitrogens is 1. The summed E-state index contributed by atoms with van der Waals surface area (Å²) >= 11 is 6.28. The molecule has 2 heterocycles. The molecule has 1 aromatic rings. The smallest absolute Gasteiger partial charge is 0.129 e. The Morgan fingerprint density at radius 2 is 2.10 bits per heavy atom. The first-order valence-corrected chi connectivity index (χ1v) is 7.74. The highest BCUT2D eigenvalue weighted by atomic mass is 35.5. The van der Waals surface area contributed by atoms with Gasteiger partial charge in [-0.1, -0.05) is 11.6 Å². The Kier molecular flexibility index (Phi) is 4.31. The van der Waals surface area contributed by atoms with E-state index in [1.165, 1.54) is 12.8 Å². The van der Waals surface area contributed by atoms with Gasteiger partial charge in [-0.15, -0.1) is 0 Å². The first-order valence-electron chi connectivity index (χ1n) is 7.36. The van der Waals surface area contributed by atoms with Crippen molar-refractivity contribution in [2.45, 2.75) is 65.1 Å². The van der Waals surface area contributed by atoms with E-state index in [1.807, 2.05) is 0 Å². The van der Waals surface area contributed by atoms with Crippen LogP contribution in [0.4, 0.5) is 5.82 Å². The zero-order valence-corrected chi connectivity index (χ0v) is 14.0. The van der Waals surface area contributed by atoms with Gasteiger partial charge in [0.25, 0.3) is 0 Å². The molecule has 0 amide bonds. The monoisotopic (exact) mass is 295 g/mol. The molecule has 1 aromatic heterocycles. The predicted octanol–water partition coefficient (Wildman–Crippen LogP) is 4.00. The maximum Gasteiger partial charge on any atom is 0.129 e. The minimum atomic E-state index is 0.0830. The van der Waals surface area contributed by atoms with Gasteiger partial charge >= 0.3 is 0 Å². The normalized spacial score (nSPS) is 18.6. The lowest BCUT2D eigenvalue weighted by atomic mass is 10.0. The van der Waals surface area contributed by atoms with E-state index in [-0.39, 0.29) is 11.1 Å². The summed E-state index contributed by atoms with van der Waals surface area (Å²) in [7, 11) is 0. The molecule has 3 nitrogen and oxygen atoms in total. The Hall–Kier alpha value is -0.800. The highest BCUT2D eigenvalue weighted by molar-refractivity contribution is 6.31. The quantitative estimate of drug-likeness (QED) is 0.913. The molecule has 20 heavy (non-hydrogen) atoms. The van der Waals surface area contributed by atoms with Crippen LogP contribution in [0.25, 0.3) is 0 Å². The zero-order chi connectivity index (χ0) is 15.0. The molecule has 0 atom stereocenters. The summed E-state index contributed by atoms with van der Waals surface area (Å²) in [5, 5.41) is 4.23. The van der Waals surface area contributed by atoms with E-state index in [4.69, 9.17) is 11.6 Å². The molecular formula is C16H26ClN3. The number of nitrogens with zero attached hydrogens (tertiary/aromatic N) is 2. The molecule has 0 aromatic carbocycles. The van der Waals surface area contributed by atoms with Crippen molar-refractivity contribution in [3.63, 3.8) is 0 Å². The van der Waals surface area contributed by atoms with Gasteiger partial charge in [0.1, 0.15) is 5.82 Å². The van der Waals surface area contributed by atoms with Gasteiger partial charge in [0.2, 0.25) is 0 Å². The van der Waals surface area contributed by atoms with Crippen LogP contribution in [0, 0.1) is 0 Å². The number of halogens is 1. The predicted molar refractivity (Wildman–Crippen MR) is 86.5 cm³/mol. The van der Waals surface area contributed by atoms with Crippen molar-refractivity contribution in [1.29, 1.82) is 0 Å². The van der Waals surface area contributed by atoms with Gasteiger partial charge in [-0.3, -0.25) is 0 Å². The minimum Gasteiger partial charge on any atom is -0.351 e. The van der Waals surface area contributed by atoms with Crippen LogP contribution < -0.4 is 10.2 Å². The summed E-state index contributed by atoms with van der Waals surface area (Å²) in [5.41, 5.74) is 1.39. The van der Waals surface area contributed by atoms with E-state index in [0.717, 1.165) is 29.5 Å². The van der Waals surface area contributed by atoms with E-state index in [9.17, 15) is 0 Å². The Balaban J connectivity index is 2.20. The first-order chi connectivity index (χ1) is 9.19. The van der Waals surface area contributed by atoms with Crippen LogP contribution in [0.3, 0.4) is 0 Å². The van der Waals surface area contributed by atoms with Crippen LogP contribution in [0.15, 0.2) is 12.3 Å². The van der Waals surface area contributed by atoms with Gasteiger partial charge in [0.15, 0.2) is 0 Å². The molecule has 0 aliphatic carbocycles. The second-order valence-corrected chi connectivity index (χ2v) is 7.71. The van der Waals surface area contributed by atoms with Crippen LogP contribution in [-0.2, 0) is 6.54 Å². The third-order valence-electron chi connectivity index (χ3n) is 3.91. The van der Waals surface area contributed by atoms with Crippen LogP contribution in [-0.4, -0.2) is 22.6 Å². The maximum atomic E-state index is 6.28. The lowest BCUT2D eigenvalue weighted by Crippen LogP contribution is -2.39. The molecule has 1 saturated heterocycles. The van der Waals surface area contributed by atoms with Crippen molar-refractivity contribution in [2.24, 2.45) is 0 Å². The molecule has 0 bridgehead atoms. The molecule has 0 unspecified atom stereocenters. The molecule has 1 aliphatic rings. The summed E-state index contributed by atoms with van der Waals surface area (Å²) in [6.45, 7) is 12.9. The number of nitrogens with one attached hydrogen (secondary N) is 1. The Morgan fingerprint density at radius 3 is 2.65 bits per heavy atom. The molecule has 2 rings (SSSR count). The first kappa shape index (κ1) is 15.6. The fourth-order valence-corrected chi connectivity index (χ4v) is 2.81. The zero-order valence-electron chi connectivity index (χ0n) is 13.3. The van der Waals surface area contributed by atoms with E-state index >= 15 is 0 Å². The largest absolute Gasteiger partial charge is 0.351 e. The summed E-state index contributed by atoms with van der Waals surface area (Å²) in [6.07, 6.45) is 4.23. The van der Waals surface area contributed by atoms with Gasteiger partial charge < -0.3 is 10.2 Å². The van der Waals surface area contributed by atoms with E-state index in [2.05, 4.69) is 55.9 Å². The lowest BCUT2D eigenvalue weighted by molar-refractivity contribution is 0.424. The fraction of sp³-hybridized carbons (Fsp3) is 0.688. The van der Waals surface area contributed by atoms with E-state index in [1.54, 1.807) is 6.20 Å². The molecule has 4 heteroatoms. The summed E-state index contributed by atoms with van der Waals surface area (Å²) < 4.78 is 0. The van der Waals surface area contributed by atoms with Crippen molar-refractivity contribution < 1.29 is 0 Å². The van der Waals surface area contributed by atoms with Crippen LogP contribution >= 0.6 is 11.6 Å². The average molecular weight is 296 g/mol. The highest BCUT2D eigenvalue weighted by Gasteiger charge is 2.32. The molecule has 1 N–H and O–H groups in total. The van der Waals surface area contributed by atoms with Gasteiger partial charge in [0.05, 0.1) is 5.02 Å². The summed E-state index contributed by atoms with van der Waals surface area (Å²) in [4.78, 5) is 6.92. The molecule has 0 saturated carbocycles. The lowest BCUT2D eigenvalue weighted by Gasteiger charge is -2.33. The van der Waals surface area contributed by atoms with Crippen molar-refractivity contribution >= 4 is 17.4 Å². The molecule has 112 valence electrons. The van der Waals surface area contributed by atoms with Gasteiger partial charge in [-0.05, 0) is 59.1 Å². The number of hydrogen-bond acceptors (Lipinski definition) is 3. The van der Waals surface area contributed by atoms with Crippen molar-refractivity contribution in [3.8, 4) is 0 Å². The van der Waals surface area contributed by atoms with Crippen LogP contribution in [0.2, 0.25) is 5.02 Å². The Bertz CT molecular complexity index is 477. The van der Waals surface area contributed by atoms with E-state index in [0.29, 0.717) is 0 Å². The highest BCUT2D eigenvalue weighted by Crippen LogP contribution is 2.33. The molecule has 0 radical (unpaired) electrons. The summed E-state index contributed by atoms with van der Waals surface area (Å²) in [6, 6.07) is 2.13. The van der Waals surface area contributed by atoms with Crippen molar-refractivity contribution in [1.82, 2.24) is 10.3 Å². The van der Waals surface area contributed by atoms with Crippen LogP contribution in [0.5, 0.6) is 0 Å². The second-order valence-electron chi connectivity index (χ2n) is 7.31. The third kappa shape index (κ3) is 3.64. The number of rotatable bonds is 3. The van der Waals surface area contributed by atoms with Gasteiger partial charge in [-0.25, -0.2) is 4.98 Å². The Morgan fingerprint density at radius 1 is 1.40 bits per heavy atom. The molecule has 1 aliphatic heterocycles. The fourth-order valence-electron chi connectivity index (χ4n) is 2.64. The standard InChI is InChI=1S/C16H26ClN3/c1-15(2,3)19-10-12-9-14(18-11-13(12)17)20-8-6-7-16(20,4)5/h9,11,19H,6-8,10H2,1-5H3. The van der Waals surface area contributed by atoms with E-state index < -0.39 is 0 Å². The average Bonchev–Trinajstić information content (AvgIpc) is 2.67. The van der Waals surface area contributed by atoms with Gasteiger partial charge in [0, 0.05) is 30.4 Å². The number of pyridine rings is 1. The van der Waals surface area contributed by atoms with Crippen LogP contribution in [0.1, 0.15) is 53.0 Å². The third-order valence-corrected chi connectivity index (χ3v) is 4.25. The SMILES string of the molecule is CC(C)(C)NCc1cc(N2CCCC2(C)C)ncc1Cl. The van der Waals surface area contributed by atoms with Crippen molar-refractivity contribution in [3.05, 3.63) is 22.8 Å². The maximum absolute atomic E-state index is 6.28.